The zero-order valence-electron chi connectivity index (χ0n) is 9.37. The third kappa shape index (κ3) is 1.28. The van der Waals surface area contributed by atoms with Gasteiger partial charge in [-0.05, 0) is 17.5 Å². The van der Waals surface area contributed by atoms with E-state index in [0.717, 1.165) is 0 Å². The Kier molecular flexibility index (Phi) is 2.32. The van der Waals surface area contributed by atoms with Gasteiger partial charge in [-0.1, -0.05) is 18.2 Å². The standard InChI is InChI=1S/C11H10N2O5/c14-10-11(17-6-3-7-18-11)8-4-1-2-5-9(8)12(10)13(15)16/h1-2,4-5H,3,6-7H2. The number of ether oxygens (including phenoxy) is 2. The number of benzene rings is 1. The molecule has 0 unspecified atom stereocenters. The molecule has 1 fully saturated rings. The van der Waals surface area contributed by atoms with Gasteiger partial charge in [-0.15, -0.1) is 0 Å². The third-order valence-electron chi connectivity index (χ3n) is 3.02. The van der Waals surface area contributed by atoms with Crippen LogP contribution in [0.1, 0.15) is 12.0 Å². The highest BCUT2D eigenvalue weighted by Gasteiger charge is 2.59. The number of nitrogens with zero attached hydrogens (tertiary/aromatic N) is 2. The Hall–Kier alpha value is -1.99. The van der Waals surface area contributed by atoms with Gasteiger partial charge in [-0.25, -0.2) is 10.1 Å². The van der Waals surface area contributed by atoms with E-state index in [-0.39, 0.29) is 5.69 Å². The summed E-state index contributed by atoms with van der Waals surface area (Å²) in [5, 5.41) is 10.7. The number of rotatable bonds is 1. The molecule has 2 heterocycles. The number of para-hydroxylation sites is 1. The number of hydrogen-bond acceptors (Lipinski definition) is 5. The van der Waals surface area contributed by atoms with Crippen LogP contribution in [0.2, 0.25) is 0 Å². The molecule has 0 N–H and O–H groups in total. The van der Waals surface area contributed by atoms with Crippen LogP contribution in [0.3, 0.4) is 0 Å². The van der Waals surface area contributed by atoms with Crippen molar-refractivity contribution in [2.24, 2.45) is 0 Å². The lowest BCUT2D eigenvalue weighted by molar-refractivity contribution is -0.485. The molecule has 0 aliphatic carbocycles. The molecule has 3 rings (SSSR count). The van der Waals surface area contributed by atoms with E-state index in [1.54, 1.807) is 18.2 Å². The summed E-state index contributed by atoms with van der Waals surface area (Å²) in [6.07, 6.45) is 0.662. The number of anilines is 1. The Morgan fingerprint density at radius 3 is 2.61 bits per heavy atom. The van der Waals surface area contributed by atoms with Crippen LogP contribution in [-0.2, 0) is 20.1 Å². The number of nitro groups is 1. The monoisotopic (exact) mass is 250 g/mol. The van der Waals surface area contributed by atoms with Gasteiger partial charge in [-0.3, -0.25) is 4.79 Å². The van der Waals surface area contributed by atoms with Crippen molar-refractivity contribution < 1.29 is 19.3 Å². The van der Waals surface area contributed by atoms with E-state index in [0.29, 0.717) is 30.2 Å². The van der Waals surface area contributed by atoms with E-state index in [9.17, 15) is 14.9 Å². The molecule has 94 valence electrons. The van der Waals surface area contributed by atoms with Gasteiger partial charge in [0.15, 0.2) is 5.03 Å². The molecule has 0 radical (unpaired) electrons. The summed E-state index contributed by atoms with van der Waals surface area (Å²) in [5.41, 5.74) is 0.598. The maximum absolute atomic E-state index is 12.2. The number of hydrazine groups is 1. The Morgan fingerprint density at radius 2 is 1.94 bits per heavy atom. The Balaban J connectivity index is 2.17. The minimum atomic E-state index is -1.64. The van der Waals surface area contributed by atoms with Gasteiger partial charge in [-0.2, -0.15) is 0 Å². The molecule has 0 saturated carbocycles. The van der Waals surface area contributed by atoms with Crippen LogP contribution < -0.4 is 5.01 Å². The van der Waals surface area contributed by atoms with Crippen molar-refractivity contribution in [1.82, 2.24) is 0 Å². The van der Waals surface area contributed by atoms with Crippen LogP contribution >= 0.6 is 0 Å². The van der Waals surface area contributed by atoms with Gasteiger partial charge >= 0.3 is 5.91 Å². The van der Waals surface area contributed by atoms with E-state index in [4.69, 9.17) is 9.47 Å². The SMILES string of the molecule is O=C1N([N+](=O)[O-])c2ccccc2C12OCCCO2. The Labute approximate surface area is 102 Å². The quantitative estimate of drug-likeness (QED) is 0.544. The highest BCUT2D eigenvalue weighted by Crippen LogP contribution is 2.44. The van der Waals surface area contributed by atoms with Crippen molar-refractivity contribution in [3.8, 4) is 0 Å². The fourth-order valence-corrected chi connectivity index (χ4v) is 2.27. The summed E-state index contributed by atoms with van der Waals surface area (Å²) < 4.78 is 10.9. The summed E-state index contributed by atoms with van der Waals surface area (Å²) in [6, 6.07) is 6.44. The summed E-state index contributed by atoms with van der Waals surface area (Å²) in [4.78, 5) is 23.2. The van der Waals surface area contributed by atoms with Gasteiger partial charge in [0.1, 0.15) is 5.69 Å². The minimum Gasteiger partial charge on any atom is -0.338 e. The maximum atomic E-state index is 12.2. The lowest BCUT2D eigenvalue weighted by Crippen LogP contribution is -2.48. The first-order valence-corrected chi connectivity index (χ1v) is 5.53. The number of amides is 1. The Bertz CT molecular complexity index is 524. The third-order valence-corrected chi connectivity index (χ3v) is 3.02. The second-order valence-corrected chi connectivity index (χ2v) is 4.04. The number of hydrogen-bond donors (Lipinski definition) is 0. The number of carbonyl (C=O) groups excluding carboxylic acids is 1. The lowest BCUT2D eigenvalue weighted by atomic mass is 10.1. The number of fused-ring (bicyclic) bond motifs is 2. The summed E-state index contributed by atoms with van der Waals surface area (Å²) in [6.45, 7) is 0.678. The molecule has 0 aromatic heterocycles. The van der Waals surface area contributed by atoms with Crippen LogP contribution in [0, 0.1) is 10.1 Å². The largest absolute Gasteiger partial charge is 0.353 e. The molecule has 1 aromatic carbocycles. The first-order chi connectivity index (χ1) is 8.67. The highest BCUT2D eigenvalue weighted by molar-refractivity contribution is 6.04. The molecule has 1 saturated heterocycles. The van der Waals surface area contributed by atoms with Gasteiger partial charge in [0.2, 0.25) is 0 Å². The maximum Gasteiger partial charge on any atom is 0.353 e. The van der Waals surface area contributed by atoms with Crippen molar-refractivity contribution in [2.45, 2.75) is 12.2 Å². The topological polar surface area (TPSA) is 81.9 Å². The van der Waals surface area contributed by atoms with Gasteiger partial charge < -0.3 is 9.47 Å². The van der Waals surface area contributed by atoms with Crippen LogP contribution in [0.5, 0.6) is 0 Å². The van der Waals surface area contributed by atoms with Gasteiger partial charge in [0.25, 0.3) is 5.79 Å². The van der Waals surface area contributed by atoms with Gasteiger partial charge in [0.05, 0.1) is 18.8 Å². The Morgan fingerprint density at radius 1 is 1.28 bits per heavy atom. The molecule has 2 aliphatic heterocycles. The zero-order valence-corrected chi connectivity index (χ0v) is 9.37. The van der Waals surface area contributed by atoms with Crippen molar-refractivity contribution >= 4 is 11.6 Å². The summed E-state index contributed by atoms with van der Waals surface area (Å²) in [7, 11) is 0. The van der Waals surface area contributed by atoms with Crippen LogP contribution in [-0.4, -0.2) is 24.2 Å². The fourth-order valence-electron chi connectivity index (χ4n) is 2.27. The molecular weight excluding hydrogens is 240 g/mol. The van der Waals surface area contributed by atoms with E-state index in [1.807, 2.05) is 0 Å². The van der Waals surface area contributed by atoms with E-state index < -0.39 is 16.7 Å². The minimum absolute atomic E-state index is 0.203. The molecule has 2 aliphatic rings. The molecule has 7 nitrogen and oxygen atoms in total. The molecule has 18 heavy (non-hydrogen) atoms. The predicted molar refractivity (Wildman–Crippen MR) is 59.1 cm³/mol. The zero-order chi connectivity index (χ0) is 12.8. The van der Waals surface area contributed by atoms with E-state index in [1.165, 1.54) is 6.07 Å². The lowest BCUT2D eigenvalue weighted by Gasteiger charge is -2.31. The molecule has 0 bridgehead atoms. The second-order valence-electron chi connectivity index (χ2n) is 4.04. The molecule has 0 atom stereocenters. The molecule has 1 aromatic rings. The first kappa shape index (κ1) is 11.1. The van der Waals surface area contributed by atoms with Crippen molar-refractivity contribution in [1.29, 1.82) is 0 Å². The van der Waals surface area contributed by atoms with Crippen molar-refractivity contribution in [3.63, 3.8) is 0 Å². The molecule has 1 amide bonds. The van der Waals surface area contributed by atoms with Gasteiger partial charge in [0, 0.05) is 0 Å². The summed E-state index contributed by atoms with van der Waals surface area (Å²) >= 11 is 0. The molecule has 7 heteroatoms. The van der Waals surface area contributed by atoms with E-state index in [2.05, 4.69) is 0 Å². The normalized spacial score (nSPS) is 21.1. The summed E-state index contributed by atoms with van der Waals surface area (Å²) in [5.74, 6) is -2.43. The average molecular weight is 250 g/mol. The van der Waals surface area contributed by atoms with E-state index >= 15 is 0 Å². The predicted octanol–water partition coefficient (Wildman–Crippen LogP) is 0.815. The molecule has 1 spiro atoms. The second kappa shape index (κ2) is 3.76. The smallest absolute Gasteiger partial charge is 0.338 e. The highest BCUT2D eigenvalue weighted by atomic mass is 16.7. The van der Waals surface area contributed by atoms with Crippen LogP contribution in [0.4, 0.5) is 5.69 Å². The average Bonchev–Trinajstić information content (AvgIpc) is 2.61. The fraction of sp³-hybridized carbons (Fsp3) is 0.364. The van der Waals surface area contributed by atoms with Crippen LogP contribution in [0.15, 0.2) is 24.3 Å². The van der Waals surface area contributed by atoms with Crippen LogP contribution in [0.25, 0.3) is 0 Å². The number of carbonyl (C=O) groups is 1. The van der Waals surface area contributed by atoms with Crippen molar-refractivity contribution in [2.75, 3.05) is 18.2 Å². The van der Waals surface area contributed by atoms with Crippen molar-refractivity contribution in [3.05, 3.63) is 39.9 Å². The molecular formula is C11H10N2O5. The first-order valence-electron chi connectivity index (χ1n) is 5.53.